The minimum absolute atomic E-state index is 0.0440. The zero-order valence-corrected chi connectivity index (χ0v) is 17.6. The lowest BCUT2D eigenvalue weighted by atomic mass is 10.1. The molecule has 10 heteroatoms. The Morgan fingerprint density at radius 3 is 2.16 bits per heavy atom. The van der Waals surface area contributed by atoms with Gasteiger partial charge in [-0.15, -0.1) is 0 Å². The van der Waals surface area contributed by atoms with Crippen LogP contribution in [0.3, 0.4) is 0 Å². The number of sulfonamides is 1. The maximum atomic E-state index is 12.7. The van der Waals surface area contributed by atoms with Crippen LogP contribution in [0, 0.1) is 0 Å². The molecular formula is C21H24F3N3O3S. The molecule has 0 radical (unpaired) electrons. The maximum Gasteiger partial charge on any atom is 0.405 e. The number of carbonyl (C=O) groups excluding carboxylic acids is 1. The van der Waals surface area contributed by atoms with Crippen molar-refractivity contribution in [1.82, 2.24) is 4.31 Å². The summed E-state index contributed by atoms with van der Waals surface area (Å²) in [5, 5.41) is 4.86. The fourth-order valence-corrected chi connectivity index (χ4v) is 4.87. The molecule has 6 nitrogen and oxygen atoms in total. The van der Waals surface area contributed by atoms with Crippen molar-refractivity contribution in [3.63, 3.8) is 0 Å². The summed E-state index contributed by atoms with van der Waals surface area (Å²) in [4.78, 5) is 12.6. The number of rotatable bonds is 7. The van der Waals surface area contributed by atoms with Crippen molar-refractivity contribution in [1.29, 1.82) is 0 Å². The van der Waals surface area contributed by atoms with Crippen molar-refractivity contribution in [3.8, 4) is 0 Å². The van der Waals surface area contributed by atoms with Crippen LogP contribution in [0.5, 0.6) is 0 Å². The van der Waals surface area contributed by atoms with Crippen molar-refractivity contribution in [2.75, 3.05) is 30.3 Å². The van der Waals surface area contributed by atoms with Gasteiger partial charge in [0.05, 0.1) is 22.7 Å². The van der Waals surface area contributed by atoms with E-state index in [0.717, 1.165) is 19.3 Å². The van der Waals surface area contributed by atoms with Crippen LogP contribution in [-0.2, 0) is 21.2 Å². The van der Waals surface area contributed by atoms with Crippen LogP contribution in [0.2, 0.25) is 0 Å². The Morgan fingerprint density at radius 1 is 0.935 bits per heavy atom. The second-order valence-corrected chi connectivity index (χ2v) is 9.29. The molecule has 0 spiro atoms. The zero-order valence-electron chi connectivity index (χ0n) is 16.8. The first-order valence-electron chi connectivity index (χ1n) is 9.94. The van der Waals surface area contributed by atoms with Gasteiger partial charge in [0.2, 0.25) is 15.9 Å². The summed E-state index contributed by atoms with van der Waals surface area (Å²) in [6.07, 6.45) is -1.71. The predicted octanol–water partition coefficient (Wildman–Crippen LogP) is 4.02. The number of benzene rings is 2. The van der Waals surface area contributed by atoms with E-state index in [9.17, 15) is 26.4 Å². The van der Waals surface area contributed by atoms with Gasteiger partial charge < -0.3 is 10.6 Å². The molecule has 1 heterocycles. The van der Waals surface area contributed by atoms with E-state index >= 15 is 0 Å². The molecule has 31 heavy (non-hydrogen) atoms. The summed E-state index contributed by atoms with van der Waals surface area (Å²) in [7, 11) is -3.55. The lowest BCUT2D eigenvalue weighted by Crippen LogP contribution is -2.35. The van der Waals surface area contributed by atoms with Crippen molar-refractivity contribution < 1.29 is 26.4 Å². The Labute approximate surface area is 179 Å². The quantitative estimate of drug-likeness (QED) is 0.661. The molecule has 2 N–H and O–H groups in total. The van der Waals surface area contributed by atoms with Crippen molar-refractivity contribution >= 4 is 27.3 Å². The van der Waals surface area contributed by atoms with Gasteiger partial charge in [-0.1, -0.05) is 30.7 Å². The van der Waals surface area contributed by atoms with Gasteiger partial charge in [0.15, 0.2) is 0 Å². The predicted molar refractivity (Wildman–Crippen MR) is 112 cm³/mol. The van der Waals surface area contributed by atoms with Gasteiger partial charge in [0.25, 0.3) is 0 Å². The molecule has 0 unspecified atom stereocenters. The molecule has 2 aromatic carbocycles. The number of carbonyl (C=O) groups is 1. The average molecular weight is 456 g/mol. The number of halogens is 3. The van der Waals surface area contributed by atoms with Crippen LogP contribution in [0.15, 0.2) is 53.4 Å². The maximum absolute atomic E-state index is 12.7. The number of anilines is 2. The second kappa shape index (κ2) is 9.69. The van der Waals surface area contributed by atoms with Gasteiger partial charge in [-0.2, -0.15) is 17.5 Å². The minimum Gasteiger partial charge on any atom is -0.375 e. The van der Waals surface area contributed by atoms with Gasteiger partial charge in [0.1, 0.15) is 6.54 Å². The molecule has 2 aromatic rings. The van der Waals surface area contributed by atoms with Crippen molar-refractivity contribution in [2.24, 2.45) is 0 Å². The van der Waals surface area contributed by atoms with Crippen LogP contribution < -0.4 is 10.6 Å². The van der Waals surface area contributed by atoms with E-state index in [2.05, 4.69) is 10.6 Å². The standard InChI is InChI=1S/C21H24F3N3O3S/c22-21(23,24)15-25-18-6-2-3-7-19(18)26-20(28)14-16-8-10-17(11-9-16)31(29,30)27-12-4-1-5-13-27/h2-3,6-11,25H,1,4-5,12-15H2,(H,26,28). The third-order valence-electron chi connectivity index (χ3n) is 4.92. The summed E-state index contributed by atoms with van der Waals surface area (Å²) in [5.74, 6) is -0.423. The smallest absolute Gasteiger partial charge is 0.375 e. The number of piperidine rings is 1. The Morgan fingerprint density at radius 2 is 1.55 bits per heavy atom. The summed E-state index contributed by atoms with van der Waals surface area (Å²) in [6, 6.07) is 12.2. The van der Waals surface area contributed by atoms with Crippen LogP contribution in [0.4, 0.5) is 24.5 Å². The molecule has 1 aliphatic heterocycles. The first kappa shape index (κ1) is 23.1. The summed E-state index contributed by atoms with van der Waals surface area (Å²) in [5.41, 5.74) is 0.994. The van der Waals surface area contributed by atoms with Crippen LogP contribution in [0.25, 0.3) is 0 Å². The van der Waals surface area contributed by atoms with E-state index in [-0.39, 0.29) is 22.7 Å². The molecule has 1 fully saturated rings. The molecule has 0 aromatic heterocycles. The number of nitrogens with one attached hydrogen (secondary N) is 2. The van der Waals surface area contributed by atoms with Gasteiger partial charge >= 0.3 is 6.18 Å². The Balaban J connectivity index is 1.63. The molecule has 1 amide bonds. The Kier molecular flexibility index (Phi) is 7.22. The third kappa shape index (κ3) is 6.44. The summed E-state index contributed by atoms with van der Waals surface area (Å²) < 4.78 is 64.2. The topological polar surface area (TPSA) is 78.5 Å². The zero-order chi connectivity index (χ0) is 22.5. The van der Waals surface area contributed by atoms with Crippen molar-refractivity contribution in [2.45, 2.75) is 36.8 Å². The highest BCUT2D eigenvalue weighted by Gasteiger charge is 2.27. The highest BCUT2D eigenvalue weighted by atomic mass is 32.2. The first-order valence-corrected chi connectivity index (χ1v) is 11.4. The van der Waals surface area contributed by atoms with Crippen LogP contribution in [0.1, 0.15) is 24.8 Å². The normalized spacial score (nSPS) is 15.5. The van der Waals surface area contributed by atoms with E-state index < -0.39 is 28.7 Å². The van der Waals surface area contributed by atoms with Gasteiger partial charge in [0, 0.05) is 13.1 Å². The van der Waals surface area contributed by atoms with Crippen LogP contribution >= 0.6 is 0 Å². The molecule has 0 aliphatic carbocycles. The van der Waals surface area contributed by atoms with E-state index in [1.807, 2.05) is 0 Å². The summed E-state index contributed by atoms with van der Waals surface area (Å²) >= 11 is 0. The molecule has 0 atom stereocenters. The second-order valence-electron chi connectivity index (χ2n) is 7.35. The Bertz CT molecular complexity index is 1000. The fraction of sp³-hybridized carbons (Fsp3) is 0.381. The molecule has 0 bridgehead atoms. The lowest BCUT2D eigenvalue weighted by molar-refractivity contribution is -0.116. The van der Waals surface area contributed by atoms with Crippen molar-refractivity contribution in [3.05, 3.63) is 54.1 Å². The highest BCUT2D eigenvalue weighted by molar-refractivity contribution is 7.89. The molecule has 168 valence electrons. The summed E-state index contributed by atoms with van der Waals surface area (Å²) in [6.45, 7) is -0.199. The monoisotopic (exact) mass is 455 g/mol. The van der Waals surface area contributed by atoms with E-state index in [4.69, 9.17) is 0 Å². The molecule has 1 aliphatic rings. The number of hydrogen-bond donors (Lipinski definition) is 2. The molecular weight excluding hydrogens is 431 g/mol. The number of hydrogen-bond acceptors (Lipinski definition) is 4. The number of nitrogens with zero attached hydrogens (tertiary/aromatic N) is 1. The molecule has 0 saturated carbocycles. The largest absolute Gasteiger partial charge is 0.405 e. The Hall–Kier alpha value is -2.59. The van der Waals surface area contributed by atoms with E-state index in [1.54, 1.807) is 24.3 Å². The SMILES string of the molecule is O=C(Cc1ccc(S(=O)(=O)N2CCCCC2)cc1)Nc1ccccc1NCC(F)(F)F. The average Bonchev–Trinajstić information content (AvgIpc) is 2.73. The molecule has 3 rings (SSSR count). The third-order valence-corrected chi connectivity index (χ3v) is 6.83. The number of alkyl halides is 3. The fourth-order valence-electron chi connectivity index (χ4n) is 3.36. The number of amides is 1. The first-order chi connectivity index (χ1) is 14.6. The molecule has 1 saturated heterocycles. The van der Waals surface area contributed by atoms with E-state index in [0.29, 0.717) is 18.7 Å². The lowest BCUT2D eigenvalue weighted by Gasteiger charge is -2.25. The van der Waals surface area contributed by atoms with Gasteiger partial charge in [-0.3, -0.25) is 4.79 Å². The van der Waals surface area contributed by atoms with Gasteiger partial charge in [-0.25, -0.2) is 8.42 Å². The van der Waals surface area contributed by atoms with Gasteiger partial charge in [-0.05, 0) is 42.7 Å². The number of para-hydroxylation sites is 2. The minimum atomic E-state index is -4.38. The highest BCUT2D eigenvalue weighted by Crippen LogP contribution is 2.24. The van der Waals surface area contributed by atoms with E-state index in [1.165, 1.54) is 28.6 Å². The van der Waals surface area contributed by atoms with Crippen LogP contribution in [-0.4, -0.2) is 44.4 Å².